The van der Waals surface area contributed by atoms with Gasteiger partial charge in [0.15, 0.2) is 0 Å². The van der Waals surface area contributed by atoms with Crippen LogP contribution in [0.25, 0.3) is 0 Å². The van der Waals surface area contributed by atoms with Crippen LogP contribution in [0.15, 0.2) is 60.7 Å². The first kappa shape index (κ1) is 26.3. The molecule has 0 saturated heterocycles. The van der Waals surface area contributed by atoms with Gasteiger partial charge in [0.2, 0.25) is 0 Å². The van der Waals surface area contributed by atoms with Gasteiger partial charge >= 0.3 is 5.97 Å². The van der Waals surface area contributed by atoms with E-state index in [2.05, 4.69) is 99.9 Å². The summed E-state index contributed by atoms with van der Waals surface area (Å²) in [5, 5.41) is 0. The van der Waals surface area contributed by atoms with Gasteiger partial charge in [0.25, 0.3) is 0 Å². The Morgan fingerprint density at radius 3 is 1.49 bits per heavy atom. The summed E-state index contributed by atoms with van der Waals surface area (Å²) in [5.74, 6) is -0.245. The first-order valence-corrected chi connectivity index (χ1v) is 12.8. The van der Waals surface area contributed by atoms with Gasteiger partial charge in [-0.15, -0.1) is 0 Å². The van der Waals surface area contributed by atoms with Gasteiger partial charge in [-0.25, -0.2) is 4.79 Å². The maximum Gasteiger partial charge on any atom is 0.337 e. The lowest BCUT2D eigenvalue weighted by Gasteiger charge is -2.27. The summed E-state index contributed by atoms with van der Waals surface area (Å²) in [6.45, 7) is 17.1. The molecule has 0 N–H and O–H groups in total. The second-order valence-electron chi connectivity index (χ2n) is 8.97. The van der Waals surface area contributed by atoms with E-state index in [-0.39, 0.29) is 11.9 Å². The van der Waals surface area contributed by atoms with Gasteiger partial charge < -0.3 is 14.5 Å². The predicted octanol–water partition coefficient (Wildman–Crippen LogP) is 6.96. The fourth-order valence-corrected chi connectivity index (χ4v) is 4.99. The monoisotopic (exact) mass is 472 g/mol. The number of methoxy groups -OCH3 is 1. The molecule has 0 amide bonds. The molecule has 0 atom stereocenters. The SMILES string of the molecule is CCN(CC)c1ccc(C(c2ccc(C(=O)OC)cc2)c2ccc(N(CC)CC)cc2C)c(C)c1. The number of carbonyl (C=O) groups excluding carboxylic acids is 1. The highest BCUT2D eigenvalue weighted by atomic mass is 16.5. The quantitative estimate of drug-likeness (QED) is 0.236. The van der Waals surface area contributed by atoms with Crippen molar-refractivity contribution in [1.82, 2.24) is 0 Å². The zero-order valence-electron chi connectivity index (χ0n) is 22.4. The number of anilines is 2. The van der Waals surface area contributed by atoms with Gasteiger partial charge in [-0.05, 0) is 106 Å². The molecule has 0 aromatic heterocycles. The Balaban J connectivity index is 2.15. The summed E-state index contributed by atoms with van der Waals surface area (Å²) in [6.07, 6.45) is 0. The fraction of sp³-hybridized carbons (Fsp3) is 0.387. The maximum absolute atomic E-state index is 12.0. The van der Waals surface area contributed by atoms with Crippen molar-refractivity contribution in [3.63, 3.8) is 0 Å². The van der Waals surface area contributed by atoms with Crippen LogP contribution >= 0.6 is 0 Å². The third-order valence-corrected chi connectivity index (χ3v) is 7.05. The fourth-order valence-electron chi connectivity index (χ4n) is 4.99. The molecule has 0 aliphatic heterocycles. The molecule has 0 saturated carbocycles. The Hall–Kier alpha value is -3.27. The van der Waals surface area contributed by atoms with Crippen molar-refractivity contribution in [2.75, 3.05) is 43.1 Å². The zero-order chi connectivity index (χ0) is 25.5. The number of rotatable bonds is 10. The molecule has 186 valence electrons. The van der Waals surface area contributed by atoms with Crippen molar-refractivity contribution in [3.8, 4) is 0 Å². The number of aryl methyl sites for hydroxylation is 2. The Labute approximate surface area is 211 Å². The van der Waals surface area contributed by atoms with Gasteiger partial charge in [-0.3, -0.25) is 0 Å². The van der Waals surface area contributed by atoms with Crippen LogP contribution < -0.4 is 9.80 Å². The van der Waals surface area contributed by atoms with Crippen molar-refractivity contribution in [1.29, 1.82) is 0 Å². The molecule has 0 aliphatic carbocycles. The smallest absolute Gasteiger partial charge is 0.337 e. The standard InChI is InChI=1S/C31H40N2O2/c1-8-32(9-2)26-16-18-28(22(5)20-26)30(24-12-14-25(15-13-24)31(34)35-7)29-19-17-27(21-23(29)6)33(10-3)11-4/h12-21,30H,8-11H2,1-7H3. The molecule has 3 rings (SSSR count). The van der Waals surface area contributed by atoms with Crippen LogP contribution in [0.2, 0.25) is 0 Å². The van der Waals surface area contributed by atoms with Crippen LogP contribution in [0.3, 0.4) is 0 Å². The lowest BCUT2D eigenvalue weighted by molar-refractivity contribution is 0.0600. The minimum atomic E-state index is -0.312. The molecule has 35 heavy (non-hydrogen) atoms. The number of hydrogen-bond acceptors (Lipinski definition) is 4. The summed E-state index contributed by atoms with van der Waals surface area (Å²) < 4.78 is 4.91. The molecule has 0 unspecified atom stereocenters. The molecule has 4 heteroatoms. The Kier molecular flexibility index (Phi) is 8.97. The van der Waals surface area contributed by atoms with Gasteiger partial charge in [0.1, 0.15) is 0 Å². The Morgan fingerprint density at radius 1 is 0.714 bits per heavy atom. The highest BCUT2D eigenvalue weighted by molar-refractivity contribution is 5.89. The van der Waals surface area contributed by atoms with E-state index in [9.17, 15) is 4.79 Å². The summed E-state index contributed by atoms with van der Waals surface area (Å²) in [7, 11) is 1.42. The maximum atomic E-state index is 12.0. The summed E-state index contributed by atoms with van der Waals surface area (Å²) in [5.41, 5.74) is 9.34. The Morgan fingerprint density at radius 2 is 1.14 bits per heavy atom. The van der Waals surface area contributed by atoms with Crippen LogP contribution in [0, 0.1) is 13.8 Å². The third-order valence-electron chi connectivity index (χ3n) is 7.05. The number of esters is 1. The lowest BCUT2D eigenvalue weighted by atomic mass is 9.81. The van der Waals surface area contributed by atoms with Crippen LogP contribution in [-0.4, -0.2) is 39.3 Å². The van der Waals surface area contributed by atoms with E-state index in [1.165, 1.54) is 40.7 Å². The number of carbonyl (C=O) groups is 1. The first-order chi connectivity index (χ1) is 16.9. The van der Waals surface area contributed by atoms with E-state index >= 15 is 0 Å². The first-order valence-electron chi connectivity index (χ1n) is 12.8. The van der Waals surface area contributed by atoms with Crippen molar-refractivity contribution in [3.05, 3.63) is 94.0 Å². The number of nitrogens with zero attached hydrogens (tertiary/aromatic N) is 2. The minimum Gasteiger partial charge on any atom is -0.465 e. The van der Waals surface area contributed by atoms with E-state index in [4.69, 9.17) is 4.74 Å². The highest BCUT2D eigenvalue weighted by Gasteiger charge is 2.22. The molecular weight excluding hydrogens is 432 g/mol. The molecule has 0 spiro atoms. The van der Waals surface area contributed by atoms with E-state index < -0.39 is 0 Å². The molecule has 0 bridgehead atoms. The molecule has 0 aliphatic rings. The number of hydrogen-bond donors (Lipinski definition) is 0. The van der Waals surface area contributed by atoms with Crippen molar-refractivity contribution in [2.24, 2.45) is 0 Å². The number of ether oxygens (including phenoxy) is 1. The van der Waals surface area contributed by atoms with Crippen molar-refractivity contribution in [2.45, 2.75) is 47.5 Å². The van der Waals surface area contributed by atoms with Crippen molar-refractivity contribution >= 4 is 17.3 Å². The molecule has 0 radical (unpaired) electrons. The van der Waals surface area contributed by atoms with Crippen LogP contribution in [-0.2, 0) is 4.74 Å². The summed E-state index contributed by atoms with van der Waals surface area (Å²) in [4.78, 5) is 16.8. The summed E-state index contributed by atoms with van der Waals surface area (Å²) in [6, 6.07) is 21.5. The van der Waals surface area contributed by atoms with Crippen LogP contribution in [0.4, 0.5) is 11.4 Å². The third kappa shape index (κ3) is 5.70. The van der Waals surface area contributed by atoms with Gasteiger partial charge in [0, 0.05) is 43.5 Å². The van der Waals surface area contributed by atoms with Crippen LogP contribution in [0.5, 0.6) is 0 Å². The molecule has 3 aromatic carbocycles. The highest BCUT2D eigenvalue weighted by Crippen LogP contribution is 2.38. The average molecular weight is 473 g/mol. The van der Waals surface area contributed by atoms with Crippen LogP contribution in [0.1, 0.15) is 71.8 Å². The zero-order valence-corrected chi connectivity index (χ0v) is 22.4. The second kappa shape index (κ2) is 11.9. The summed E-state index contributed by atoms with van der Waals surface area (Å²) >= 11 is 0. The van der Waals surface area contributed by atoms with E-state index in [0.717, 1.165) is 31.7 Å². The van der Waals surface area contributed by atoms with Gasteiger partial charge in [0.05, 0.1) is 12.7 Å². The van der Waals surface area contributed by atoms with E-state index in [1.54, 1.807) is 0 Å². The predicted molar refractivity (Wildman–Crippen MR) is 148 cm³/mol. The number of benzene rings is 3. The van der Waals surface area contributed by atoms with E-state index in [1.807, 2.05) is 12.1 Å². The molecule has 4 nitrogen and oxygen atoms in total. The molecular formula is C31H40N2O2. The second-order valence-corrected chi connectivity index (χ2v) is 8.97. The normalized spacial score (nSPS) is 11.0. The molecule has 3 aromatic rings. The average Bonchev–Trinajstić information content (AvgIpc) is 2.88. The molecule has 0 heterocycles. The lowest BCUT2D eigenvalue weighted by Crippen LogP contribution is -2.22. The molecule has 0 fully saturated rings. The minimum absolute atomic E-state index is 0.0678. The van der Waals surface area contributed by atoms with E-state index in [0.29, 0.717) is 5.56 Å². The van der Waals surface area contributed by atoms with Crippen molar-refractivity contribution < 1.29 is 9.53 Å². The van der Waals surface area contributed by atoms with Gasteiger partial charge in [-0.1, -0.05) is 24.3 Å². The largest absolute Gasteiger partial charge is 0.465 e. The Bertz CT molecular complexity index is 1070. The topological polar surface area (TPSA) is 32.8 Å². The van der Waals surface area contributed by atoms with Gasteiger partial charge in [-0.2, -0.15) is 0 Å².